The number of nitriles is 1. The first kappa shape index (κ1) is 14.7. The van der Waals surface area contributed by atoms with Crippen LogP contribution in [0.5, 0.6) is 5.88 Å². The van der Waals surface area contributed by atoms with Crippen molar-refractivity contribution >= 4 is 11.7 Å². The van der Waals surface area contributed by atoms with Crippen LogP contribution in [0.3, 0.4) is 0 Å². The summed E-state index contributed by atoms with van der Waals surface area (Å²) in [5.74, 6) is -1.80. The monoisotopic (exact) mass is 264 g/mol. The number of esters is 1. The van der Waals surface area contributed by atoms with Crippen LogP contribution in [0, 0.1) is 11.3 Å². The van der Waals surface area contributed by atoms with E-state index in [1.807, 2.05) is 6.07 Å². The Morgan fingerprint density at radius 1 is 1.53 bits per heavy atom. The number of anilines is 1. The molecule has 0 fully saturated rings. The molecule has 0 saturated carbocycles. The van der Waals surface area contributed by atoms with Crippen LogP contribution in [0.15, 0.2) is 6.20 Å². The molecule has 1 atom stereocenters. The lowest BCUT2D eigenvalue weighted by molar-refractivity contribution is -0.155. The summed E-state index contributed by atoms with van der Waals surface area (Å²) in [5, 5.41) is 9.08. The molecule has 19 heavy (non-hydrogen) atoms. The van der Waals surface area contributed by atoms with Crippen molar-refractivity contribution in [2.24, 2.45) is 0 Å². The number of methoxy groups -OCH3 is 1. The highest BCUT2D eigenvalue weighted by Gasteiger charge is 2.29. The molecule has 0 saturated heterocycles. The van der Waals surface area contributed by atoms with E-state index >= 15 is 0 Å². The second kappa shape index (κ2) is 5.52. The number of carbonyl (C=O) groups excluding carboxylic acids is 1. The molecule has 0 aliphatic carbocycles. The van der Waals surface area contributed by atoms with Crippen LogP contribution in [0.25, 0.3) is 0 Å². The number of nitrogen functional groups attached to an aromatic ring is 1. The van der Waals surface area contributed by atoms with E-state index in [0.29, 0.717) is 0 Å². The molecule has 1 unspecified atom stereocenters. The summed E-state index contributed by atoms with van der Waals surface area (Å²) in [6.45, 7) is 5.14. The minimum absolute atomic E-state index is 0.00259. The number of rotatable bonds is 3. The fourth-order valence-electron chi connectivity index (χ4n) is 1.27. The maximum Gasteiger partial charge on any atom is 0.331 e. The van der Waals surface area contributed by atoms with E-state index in [1.54, 1.807) is 20.8 Å². The molecule has 102 valence electrons. The van der Waals surface area contributed by atoms with E-state index in [-0.39, 0.29) is 17.4 Å². The second-order valence-corrected chi connectivity index (χ2v) is 4.79. The van der Waals surface area contributed by atoms with E-state index in [2.05, 4.69) is 9.97 Å². The molecule has 0 amide bonds. The third-order valence-corrected chi connectivity index (χ3v) is 2.02. The molecule has 0 bridgehead atoms. The Labute approximate surface area is 111 Å². The predicted molar refractivity (Wildman–Crippen MR) is 67.2 cm³/mol. The van der Waals surface area contributed by atoms with Gasteiger partial charge in [-0.1, -0.05) is 0 Å². The maximum atomic E-state index is 11.9. The minimum atomic E-state index is -1.21. The molecule has 1 rings (SSSR count). The van der Waals surface area contributed by atoms with Gasteiger partial charge in [0.2, 0.25) is 11.8 Å². The van der Waals surface area contributed by atoms with E-state index in [4.69, 9.17) is 20.5 Å². The third-order valence-electron chi connectivity index (χ3n) is 2.02. The van der Waals surface area contributed by atoms with Gasteiger partial charge in [-0.3, -0.25) is 4.79 Å². The number of hydrogen-bond donors (Lipinski definition) is 1. The fraction of sp³-hybridized carbons (Fsp3) is 0.500. The topological polar surface area (TPSA) is 111 Å². The molecule has 1 aromatic rings. The Kier molecular flexibility index (Phi) is 4.27. The fourth-order valence-corrected chi connectivity index (χ4v) is 1.27. The van der Waals surface area contributed by atoms with Crippen LogP contribution < -0.4 is 10.5 Å². The molecule has 7 nitrogen and oxygen atoms in total. The van der Waals surface area contributed by atoms with Crippen LogP contribution >= 0.6 is 0 Å². The van der Waals surface area contributed by atoms with Crippen molar-refractivity contribution < 1.29 is 14.3 Å². The lowest BCUT2D eigenvalue weighted by Gasteiger charge is -2.20. The minimum Gasteiger partial charge on any atom is -0.479 e. The maximum absolute atomic E-state index is 11.9. The number of nitrogens with two attached hydrogens (primary N) is 1. The lowest BCUT2D eigenvalue weighted by atomic mass is 10.1. The average Bonchev–Trinajstić information content (AvgIpc) is 2.29. The van der Waals surface area contributed by atoms with Gasteiger partial charge < -0.3 is 15.2 Å². The summed E-state index contributed by atoms with van der Waals surface area (Å²) in [4.78, 5) is 19.7. The largest absolute Gasteiger partial charge is 0.479 e. The molecular formula is C12H16N4O3. The number of nitrogens with zero attached hydrogens (tertiary/aromatic N) is 3. The van der Waals surface area contributed by atoms with Gasteiger partial charge in [-0.15, -0.1) is 0 Å². The Balaban J connectivity index is 3.05. The molecule has 7 heteroatoms. The zero-order valence-electron chi connectivity index (χ0n) is 11.3. The number of hydrogen-bond acceptors (Lipinski definition) is 7. The Morgan fingerprint density at radius 2 is 2.16 bits per heavy atom. The molecular weight excluding hydrogens is 248 g/mol. The van der Waals surface area contributed by atoms with Crippen molar-refractivity contribution in [3.8, 4) is 11.9 Å². The number of ether oxygens (including phenoxy) is 2. The normalized spacial score (nSPS) is 12.4. The van der Waals surface area contributed by atoms with Crippen LogP contribution in [0.2, 0.25) is 0 Å². The van der Waals surface area contributed by atoms with Crippen molar-refractivity contribution in [2.45, 2.75) is 32.3 Å². The van der Waals surface area contributed by atoms with Gasteiger partial charge in [0.1, 0.15) is 11.3 Å². The van der Waals surface area contributed by atoms with Crippen LogP contribution in [-0.4, -0.2) is 28.6 Å². The summed E-state index contributed by atoms with van der Waals surface area (Å²) in [5.41, 5.74) is 5.11. The van der Waals surface area contributed by atoms with Gasteiger partial charge in [-0.05, 0) is 20.8 Å². The second-order valence-electron chi connectivity index (χ2n) is 4.79. The number of aromatic nitrogens is 2. The van der Waals surface area contributed by atoms with Gasteiger partial charge in [0, 0.05) is 0 Å². The van der Waals surface area contributed by atoms with Crippen molar-refractivity contribution in [3.63, 3.8) is 0 Å². The van der Waals surface area contributed by atoms with Gasteiger partial charge in [-0.25, -0.2) is 4.98 Å². The zero-order chi connectivity index (χ0) is 14.6. The smallest absolute Gasteiger partial charge is 0.331 e. The van der Waals surface area contributed by atoms with Crippen LogP contribution in [0.1, 0.15) is 32.5 Å². The first-order valence-electron chi connectivity index (χ1n) is 5.57. The Morgan fingerprint density at radius 3 is 2.63 bits per heavy atom. The van der Waals surface area contributed by atoms with Crippen molar-refractivity contribution in [2.75, 3.05) is 12.8 Å². The van der Waals surface area contributed by atoms with Gasteiger partial charge in [-0.2, -0.15) is 10.2 Å². The van der Waals surface area contributed by atoms with Crippen LogP contribution in [-0.2, 0) is 9.53 Å². The van der Waals surface area contributed by atoms with E-state index in [0.717, 1.165) is 0 Å². The van der Waals surface area contributed by atoms with E-state index in [9.17, 15) is 4.79 Å². The molecule has 0 radical (unpaired) electrons. The van der Waals surface area contributed by atoms with Gasteiger partial charge in [0.15, 0.2) is 5.82 Å². The Hall–Kier alpha value is -2.36. The SMILES string of the molecule is COc1nc(C(C#N)C(=O)OC(C)(C)C)ncc1N. The van der Waals surface area contributed by atoms with Crippen molar-refractivity contribution in [1.29, 1.82) is 5.26 Å². The highest BCUT2D eigenvalue weighted by Crippen LogP contribution is 2.22. The van der Waals surface area contributed by atoms with E-state index in [1.165, 1.54) is 13.3 Å². The standard InChI is InChI=1S/C12H16N4O3/c1-12(2,3)19-11(17)7(5-13)9-15-6-8(14)10(16-9)18-4/h6-7H,14H2,1-4H3. The molecule has 0 aliphatic heterocycles. The van der Waals surface area contributed by atoms with E-state index < -0.39 is 17.5 Å². The average molecular weight is 264 g/mol. The highest BCUT2D eigenvalue weighted by atomic mass is 16.6. The predicted octanol–water partition coefficient (Wildman–Crippen LogP) is 1.02. The van der Waals surface area contributed by atoms with Gasteiger partial charge in [0.25, 0.3) is 0 Å². The summed E-state index contributed by atoms with van der Waals surface area (Å²) in [6, 6.07) is 1.82. The quantitative estimate of drug-likeness (QED) is 0.811. The molecule has 0 aliphatic rings. The van der Waals surface area contributed by atoms with Crippen LogP contribution in [0.4, 0.5) is 5.69 Å². The first-order chi connectivity index (χ1) is 8.78. The molecule has 0 spiro atoms. The number of carbonyl (C=O) groups is 1. The van der Waals surface area contributed by atoms with Gasteiger partial charge >= 0.3 is 5.97 Å². The first-order valence-corrected chi connectivity index (χ1v) is 5.57. The summed E-state index contributed by atoms with van der Waals surface area (Å²) in [6.07, 6.45) is 1.29. The molecule has 2 N–H and O–H groups in total. The van der Waals surface area contributed by atoms with Gasteiger partial charge in [0.05, 0.1) is 19.4 Å². The zero-order valence-corrected chi connectivity index (χ0v) is 11.3. The molecule has 1 aromatic heterocycles. The highest BCUT2D eigenvalue weighted by molar-refractivity contribution is 5.80. The lowest BCUT2D eigenvalue weighted by Crippen LogP contribution is -2.28. The summed E-state index contributed by atoms with van der Waals surface area (Å²) in [7, 11) is 1.39. The summed E-state index contributed by atoms with van der Waals surface area (Å²) < 4.78 is 10.1. The molecule has 1 heterocycles. The van der Waals surface area contributed by atoms with Crippen molar-refractivity contribution in [3.05, 3.63) is 12.0 Å². The molecule has 0 aromatic carbocycles. The third kappa shape index (κ3) is 3.81. The summed E-state index contributed by atoms with van der Waals surface area (Å²) >= 11 is 0. The Bertz CT molecular complexity index is 517. The van der Waals surface area contributed by atoms with Crippen molar-refractivity contribution in [1.82, 2.24) is 9.97 Å².